The van der Waals surface area contributed by atoms with Gasteiger partial charge in [-0.2, -0.15) is 0 Å². The Balaban J connectivity index is 2.07. The lowest BCUT2D eigenvalue weighted by Gasteiger charge is -2.34. The Labute approximate surface area is 243 Å². The third kappa shape index (κ3) is 7.86. The third-order valence-corrected chi connectivity index (χ3v) is 8.80. The van der Waals surface area contributed by atoms with Crippen molar-refractivity contribution in [3.8, 4) is 0 Å². The van der Waals surface area contributed by atoms with Crippen LogP contribution in [0.3, 0.4) is 0 Å². The van der Waals surface area contributed by atoms with Crippen LogP contribution >= 0.6 is 11.6 Å². The SMILES string of the molecule is CC[C@@H](C)NC(=O)[C@H](CC)N(Cc1ccc(Cl)cc1)C(=O)CN(c1cc(C)cc(C)c1)S(=O)(=O)c1ccccc1. The Kier molecular flexibility index (Phi) is 10.8. The Morgan fingerprint density at radius 3 is 2.05 bits per heavy atom. The Morgan fingerprint density at radius 2 is 1.50 bits per heavy atom. The van der Waals surface area contributed by atoms with Gasteiger partial charge in [0.25, 0.3) is 10.0 Å². The number of benzene rings is 3. The number of amides is 2. The number of carbonyl (C=O) groups excluding carboxylic acids is 2. The normalized spacial score (nSPS) is 12.8. The van der Waals surface area contributed by atoms with Crippen molar-refractivity contribution in [1.29, 1.82) is 0 Å². The molecule has 1 N–H and O–H groups in total. The minimum atomic E-state index is -4.10. The summed E-state index contributed by atoms with van der Waals surface area (Å²) in [6.07, 6.45) is 1.10. The van der Waals surface area contributed by atoms with Crippen LogP contribution in [0.1, 0.15) is 50.3 Å². The zero-order valence-electron chi connectivity index (χ0n) is 23.7. The summed E-state index contributed by atoms with van der Waals surface area (Å²) in [4.78, 5) is 29.0. The molecule has 3 rings (SSSR count). The molecule has 0 aliphatic rings. The van der Waals surface area contributed by atoms with Crippen molar-refractivity contribution in [3.05, 3.63) is 94.5 Å². The Hall–Kier alpha value is -3.36. The third-order valence-electron chi connectivity index (χ3n) is 6.76. The number of rotatable bonds is 12. The first-order chi connectivity index (χ1) is 19.0. The standard InChI is InChI=1S/C31H38ClN3O4S/c1-6-24(5)33-31(37)29(7-2)34(20-25-13-15-26(32)16-14-25)30(36)21-35(27-18-22(3)17-23(4)19-27)40(38,39)28-11-9-8-10-12-28/h8-19,24,29H,6-7,20-21H2,1-5H3,(H,33,37)/t24-,29+/m1/s1. The van der Waals surface area contributed by atoms with E-state index in [0.717, 1.165) is 27.4 Å². The van der Waals surface area contributed by atoms with Gasteiger partial charge in [0.1, 0.15) is 12.6 Å². The number of hydrogen-bond donors (Lipinski definition) is 1. The molecule has 3 aromatic rings. The number of nitrogens with one attached hydrogen (secondary N) is 1. The van der Waals surface area contributed by atoms with Gasteiger partial charge in [-0.05, 0) is 86.7 Å². The van der Waals surface area contributed by atoms with E-state index in [2.05, 4.69) is 5.32 Å². The largest absolute Gasteiger partial charge is 0.352 e. The number of aryl methyl sites for hydroxylation is 2. The summed E-state index contributed by atoms with van der Waals surface area (Å²) in [5, 5.41) is 3.53. The molecule has 0 bridgehead atoms. The van der Waals surface area contributed by atoms with Gasteiger partial charge in [-0.15, -0.1) is 0 Å². The van der Waals surface area contributed by atoms with Crippen molar-refractivity contribution in [3.63, 3.8) is 0 Å². The minimum absolute atomic E-state index is 0.0701. The summed E-state index contributed by atoms with van der Waals surface area (Å²) in [5.41, 5.74) is 2.90. The van der Waals surface area contributed by atoms with E-state index in [1.165, 1.54) is 17.0 Å². The van der Waals surface area contributed by atoms with E-state index in [1.54, 1.807) is 54.6 Å². The van der Waals surface area contributed by atoms with Gasteiger partial charge in [-0.3, -0.25) is 13.9 Å². The van der Waals surface area contributed by atoms with Gasteiger partial charge in [0, 0.05) is 17.6 Å². The molecule has 0 saturated carbocycles. The minimum Gasteiger partial charge on any atom is -0.352 e. The zero-order valence-corrected chi connectivity index (χ0v) is 25.3. The first kappa shape index (κ1) is 31.2. The molecule has 0 aliphatic carbocycles. The van der Waals surface area contributed by atoms with E-state index < -0.39 is 28.5 Å². The molecule has 7 nitrogen and oxygen atoms in total. The molecule has 2 amide bonds. The van der Waals surface area contributed by atoms with Gasteiger partial charge < -0.3 is 10.2 Å². The highest BCUT2D eigenvalue weighted by molar-refractivity contribution is 7.92. The quantitative estimate of drug-likeness (QED) is 0.289. The van der Waals surface area contributed by atoms with E-state index >= 15 is 0 Å². The molecule has 0 aliphatic heterocycles. The van der Waals surface area contributed by atoms with Crippen LogP contribution in [0.25, 0.3) is 0 Å². The highest BCUT2D eigenvalue weighted by Gasteiger charge is 2.34. The lowest BCUT2D eigenvalue weighted by atomic mass is 10.1. The topological polar surface area (TPSA) is 86.8 Å². The van der Waals surface area contributed by atoms with Gasteiger partial charge in [0.2, 0.25) is 11.8 Å². The van der Waals surface area contributed by atoms with Crippen LogP contribution in [0.4, 0.5) is 5.69 Å². The molecule has 3 aromatic carbocycles. The van der Waals surface area contributed by atoms with Crippen molar-refractivity contribution in [2.24, 2.45) is 0 Å². The Morgan fingerprint density at radius 1 is 0.900 bits per heavy atom. The first-order valence-corrected chi connectivity index (χ1v) is 15.3. The molecule has 0 saturated heterocycles. The Bertz CT molecular complexity index is 1390. The monoisotopic (exact) mass is 583 g/mol. The number of anilines is 1. The van der Waals surface area contributed by atoms with Gasteiger partial charge >= 0.3 is 0 Å². The summed E-state index contributed by atoms with van der Waals surface area (Å²) >= 11 is 6.08. The van der Waals surface area contributed by atoms with Crippen LogP contribution in [-0.4, -0.2) is 43.8 Å². The van der Waals surface area contributed by atoms with Gasteiger partial charge in [-0.25, -0.2) is 8.42 Å². The molecule has 9 heteroatoms. The van der Waals surface area contributed by atoms with E-state index in [-0.39, 0.29) is 23.4 Å². The fourth-order valence-electron chi connectivity index (χ4n) is 4.49. The van der Waals surface area contributed by atoms with Crippen LogP contribution in [-0.2, 0) is 26.2 Å². The second-order valence-electron chi connectivity index (χ2n) is 10.1. The van der Waals surface area contributed by atoms with Gasteiger partial charge in [0.15, 0.2) is 0 Å². The van der Waals surface area contributed by atoms with Crippen LogP contribution in [0.15, 0.2) is 77.7 Å². The maximum atomic E-state index is 14.1. The molecular formula is C31H38ClN3O4S. The van der Waals surface area contributed by atoms with E-state index in [9.17, 15) is 18.0 Å². The summed E-state index contributed by atoms with van der Waals surface area (Å²) < 4.78 is 29.0. The van der Waals surface area contributed by atoms with Crippen LogP contribution in [0.5, 0.6) is 0 Å². The second kappa shape index (κ2) is 13.8. The summed E-state index contributed by atoms with van der Waals surface area (Å²) in [5.74, 6) is -0.761. The van der Waals surface area contributed by atoms with Gasteiger partial charge in [0.05, 0.1) is 10.6 Å². The maximum absolute atomic E-state index is 14.1. The average molecular weight is 584 g/mol. The van der Waals surface area contributed by atoms with E-state index in [4.69, 9.17) is 11.6 Å². The van der Waals surface area contributed by atoms with Crippen molar-refractivity contribution < 1.29 is 18.0 Å². The van der Waals surface area contributed by atoms with E-state index in [1.807, 2.05) is 40.7 Å². The predicted molar refractivity (Wildman–Crippen MR) is 161 cm³/mol. The van der Waals surface area contributed by atoms with Crippen molar-refractivity contribution in [1.82, 2.24) is 10.2 Å². The summed E-state index contributed by atoms with van der Waals surface area (Å²) in [6, 6.07) is 19.7. The molecule has 40 heavy (non-hydrogen) atoms. The molecule has 2 atom stereocenters. The molecule has 0 unspecified atom stereocenters. The van der Waals surface area contributed by atoms with Gasteiger partial charge in [-0.1, -0.05) is 61.8 Å². The molecule has 0 heterocycles. The lowest BCUT2D eigenvalue weighted by molar-refractivity contribution is -0.140. The average Bonchev–Trinajstić information content (AvgIpc) is 2.92. The fraction of sp³-hybridized carbons (Fsp3) is 0.355. The number of sulfonamides is 1. The van der Waals surface area contributed by atoms with Crippen LogP contribution in [0, 0.1) is 13.8 Å². The maximum Gasteiger partial charge on any atom is 0.264 e. The number of hydrogen-bond acceptors (Lipinski definition) is 4. The molecular weight excluding hydrogens is 546 g/mol. The fourth-order valence-corrected chi connectivity index (χ4v) is 6.04. The van der Waals surface area contributed by atoms with Crippen LogP contribution < -0.4 is 9.62 Å². The van der Waals surface area contributed by atoms with E-state index in [0.29, 0.717) is 17.1 Å². The van der Waals surface area contributed by atoms with Crippen molar-refractivity contribution in [2.75, 3.05) is 10.8 Å². The first-order valence-electron chi connectivity index (χ1n) is 13.5. The molecule has 0 fully saturated rings. The molecule has 0 radical (unpaired) electrons. The number of carbonyl (C=O) groups is 2. The predicted octanol–water partition coefficient (Wildman–Crippen LogP) is 5.87. The smallest absolute Gasteiger partial charge is 0.264 e. The van der Waals surface area contributed by atoms with Crippen molar-refractivity contribution >= 4 is 39.1 Å². The highest BCUT2D eigenvalue weighted by atomic mass is 35.5. The lowest BCUT2D eigenvalue weighted by Crippen LogP contribution is -2.53. The zero-order chi connectivity index (χ0) is 29.4. The van der Waals surface area contributed by atoms with Crippen LogP contribution in [0.2, 0.25) is 5.02 Å². The number of nitrogens with zero attached hydrogens (tertiary/aromatic N) is 2. The van der Waals surface area contributed by atoms with Crippen molar-refractivity contribution in [2.45, 2.75) is 71.0 Å². The highest BCUT2D eigenvalue weighted by Crippen LogP contribution is 2.27. The molecule has 214 valence electrons. The summed E-state index contributed by atoms with van der Waals surface area (Å²) in [7, 11) is -4.10. The summed E-state index contributed by atoms with van der Waals surface area (Å²) in [6.45, 7) is 9.12. The molecule has 0 spiro atoms. The second-order valence-corrected chi connectivity index (χ2v) is 12.4. The molecule has 0 aromatic heterocycles. The number of halogens is 1.